The lowest BCUT2D eigenvalue weighted by Gasteiger charge is -2.40. The van der Waals surface area contributed by atoms with E-state index < -0.39 is 42.2 Å². The summed E-state index contributed by atoms with van der Waals surface area (Å²) in [4.78, 5) is 68.7. The van der Waals surface area contributed by atoms with Gasteiger partial charge in [0.05, 0.1) is 25.3 Å². The van der Waals surface area contributed by atoms with Gasteiger partial charge in [0, 0.05) is 13.1 Å². The number of likely N-dealkylation sites (tertiary alicyclic amines) is 2. The smallest absolute Gasteiger partial charge is 0.407 e. The second-order valence-corrected chi connectivity index (χ2v) is 11.8. The second-order valence-electron chi connectivity index (χ2n) is 11.8. The highest BCUT2D eigenvalue weighted by Gasteiger charge is 2.51. The molecule has 0 bridgehead atoms. The first-order valence-corrected chi connectivity index (χ1v) is 16.4. The molecule has 0 saturated carbocycles. The molecule has 0 aromatic heterocycles. The number of aryl methyl sites for hydroxylation is 1. The van der Waals surface area contributed by atoms with Crippen molar-refractivity contribution in [2.45, 2.75) is 77.2 Å². The normalized spacial score (nSPS) is 20.0. The van der Waals surface area contributed by atoms with E-state index in [1.807, 2.05) is 60.7 Å². The number of esters is 2. The van der Waals surface area contributed by atoms with E-state index in [0.29, 0.717) is 32.2 Å². The van der Waals surface area contributed by atoms with Crippen LogP contribution in [0.5, 0.6) is 0 Å². The van der Waals surface area contributed by atoms with Crippen LogP contribution in [0, 0.1) is 5.92 Å². The van der Waals surface area contributed by atoms with Crippen LogP contribution in [-0.4, -0.2) is 96.7 Å². The van der Waals surface area contributed by atoms with Gasteiger partial charge in [0.25, 0.3) is 0 Å². The zero-order valence-electron chi connectivity index (χ0n) is 27.4. The van der Waals surface area contributed by atoms with Crippen molar-refractivity contribution in [3.63, 3.8) is 0 Å². The van der Waals surface area contributed by atoms with E-state index in [1.165, 1.54) is 0 Å². The number of carbonyl (C=O) groups excluding carboxylic acids is 5. The Morgan fingerprint density at radius 3 is 2.21 bits per heavy atom. The van der Waals surface area contributed by atoms with Gasteiger partial charge in [-0.3, -0.25) is 19.7 Å². The van der Waals surface area contributed by atoms with E-state index in [9.17, 15) is 24.0 Å². The molecule has 0 aliphatic carbocycles. The van der Waals surface area contributed by atoms with Crippen molar-refractivity contribution in [2.24, 2.45) is 5.92 Å². The fraction of sp³-hybridized carbons (Fsp3) is 0.514. The average molecular weight is 651 g/mol. The molecule has 254 valence electrons. The number of ether oxygens (including phenoxy) is 3. The Balaban J connectivity index is 1.41. The van der Waals surface area contributed by atoms with Crippen molar-refractivity contribution < 1.29 is 38.2 Å². The molecule has 0 spiro atoms. The zero-order valence-corrected chi connectivity index (χ0v) is 27.4. The highest BCUT2D eigenvalue weighted by molar-refractivity contribution is 5.89. The van der Waals surface area contributed by atoms with E-state index >= 15 is 0 Å². The van der Waals surface area contributed by atoms with Gasteiger partial charge in [-0.1, -0.05) is 60.7 Å². The van der Waals surface area contributed by atoms with Crippen LogP contribution in [0.1, 0.15) is 51.2 Å². The average Bonchev–Trinajstić information content (AvgIpc) is 3.47. The standard InChI is InChI=1S/C35H46N4O8/c1-4-45-33(42)28(17-16-25-12-8-6-9-13-25)37-24(3)32(41)39-29(34(43)46-5-2)20-27-18-19-38(22-30(27)39)31(40)21-36-35(44)47-23-26-14-10-7-11-15-26/h6-15,24,27-30,37H,4-5,16-23H2,1-3H3,(H,36,44). The minimum Gasteiger partial charge on any atom is -0.465 e. The van der Waals surface area contributed by atoms with Gasteiger partial charge in [0.2, 0.25) is 11.8 Å². The molecular weight excluding hydrogens is 604 g/mol. The number of amides is 3. The Morgan fingerprint density at radius 2 is 1.55 bits per heavy atom. The summed E-state index contributed by atoms with van der Waals surface area (Å²) in [5.41, 5.74) is 1.88. The Kier molecular flexibility index (Phi) is 13.2. The van der Waals surface area contributed by atoms with Gasteiger partial charge in [-0.25, -0.2) is 9.59 Å². The fourth-order valence-electron chi connectivity index (χ4n) is 6.29. The number of fused-ring (bicyclic) bond motifs is 1. The van der Waals surface area contributed by atoms with Crippen LogP contribution < -0.4 is 10.6 Å². The summed E-state index contributed by atoms with van der Waals surface area (Å²) in [7, 11) is 0. The number of carbonyl (C=O) groups is 5. The fourth-order valence-corrected chi connectivity index (χ4v) is 6.29. The summed E-state index contributed by atoms with van der Waals surface area (Å²) >= 11 is 0. The summed E-state index contributed by atoms with van der Waals surface area (Å²) in [6.45, 7) is 5.93. The first kappa shape index (κ1) is 35.4. The first-order valence-electron chi connectivity index (χ1n) is 16.4. The summed E-state index contributed by atoms with van der Waals surface area (Å²) in [6, 6.07) is 16.1. The Hall–Kier alpha value is -4.45. The monoisotopic (exact) mass is 650 g/mol. The number of rotatable bonds is 14. The van der Waals surface area contributed by atoms with Crippen LogP contribution >= 0.6 is 0 Å². The molecule has 5 atom stereocenters. The molecule has 2 heterocycles. The second kappa shape index (κ2) is 17.5. The predicted molar refractivity (Wildman–Crippen MR) is 173 cm³/mol. The molecule has 4 rings (SSSR count). The van der Waals surface area contributed by atoms with Crippen molar-refractivity contribution in [3.8, 4) is 0 Å². The highest BCUT2D eigenvalue weighted by Crippen LogP contribution is 2.37. The summed E-state index contributed by atoms with van der Waals surface area (Å²) in [6.07, 6.45) is 1.31. The Labute approximate surface area is 276 Å². The maximum Gasteiger partial charge on any atom is 0.407 e. The number of benzene rings is 2. The van der Waals surface area contributed by atoms with E-state index in [4.69, 9.17) is 14.2 Å². The molecule has 2 N–H and O–H groups in total. The van der Waals surface area contributed by atoms with Crippen molar-refractivity contribution >= 4 is 29.8 Å². The molecule has 12 heteroatoms. The van der Waals surface area contributed by atoms with Crippen molar-refractivity contribution in [1.82, 2.24) is 20.4 Å². The number of nitrogens with zero attached hydrogens (tertiary/aromatic N) is 2. The molecule has 3 amide bonds. The number of hydrogen-bond acceptors (Lipinski definition) is 9. The molecular formula is C35H46N4O8. The van der Waals surface area contributed by atoms with Gasteiger partial charge in [-0.05, 0) is 63.5 Å². The number of piperidine rings is 1. The molecule has 2 saturated heterocycles. The van der Waals surface area contributed by atoms with Crippen molar-refractivity contribution in [1.29, 1.82) is 0 Å². The molecule has 2 fully saturated rings. The van der Waals surface area contributed by atoms with Crippen molar-refractivity contribution in [2.75, 3.05) is 32.8 Å². The number of hydrogen-bond donors (Lipinski definition) is 2. The molecule has 2 aliphatic heterocycles. The maximum absolute atomic E-state index is 14.1. The quantitative estimate of drug-likeness (QED) is 0.233. The van der Waals surface area contributed by atoms with Crippen LogP contribution in [0.4, 0.5) is 4.79 Å². The number of alkyl carbamates (subject to hydrolysis) is 1. The molecule has 2 aromatic rings. The lowest BCUT2D eigenvalue weighted by Crippen LogP contribution is -2.59. The van der Waals surface area contributed by atoms with Crippen LogP contribution in [0.3, 0.4) is 0 Å². The van der Waals surface area contributed by atoms with Gasteiger partial charge >= 0.3 is 18.0 Å². The van der Waals surface area contributed by atoms with Crippen LogP contribution in [0.2, 0.25) is 0 Å². The molecule has 2 aromatic carbocycles. The lowest BCUT2D eigenvalue weighted by atomic mass is 9.91. The predicted octanol–water partition coefficient (Wildman–Crippen LogP) is 2.84. The van der Waals surface area contributed by atoms with E-state index in [2.05, 4.69) is 10.6 Å². The summed E-state index contributed by atoms with van der Waals surface area (Å²) in [5, 5.41) is 5.68. The van der Waals surface area contributed by atoms with Gasteiger partial charge < -0.3 is 29.3 Å². The minimum atomic E-state index is -0.831. The SMILES string of the molecule is CCOC(=O)C(CCc1ccccc1)NC(C)C(=O)N1C(C(=O)OCC)CC2CCN(C(=O)CNC(=O)OCc3ccccc3)CC21. The molecule has 5 unspecified atom stereocenters. The van der Waals surface area contributed by atoms with Crippen LogP contribution in [0.25, 0.3) is 0 Å². The van der Waals surface area contributed by atoms with Gasteiger partial charge in [-0.15, -0.1) is 0 Å². The number of nitrogens with one attached hydrogen (secondary N) is 2. The molecule has 12 nitrogen and oxygen atoms in total. The van der Waals surface area contributed by atoms with Gasteiger partial charge in [-0.2, -0.15) is 0 Å². The maximum atomic E-state index is 14.1. The van der Waals surface area contributed by atoms with Crippen LogP contribution in [-0.2, 0) is 46.4 Å². The van der Waals surface area contributed by atoms with E-state index in [1.54, 1.807) is 30.6 Å². The third-order valence-electron chi connectivity index (χ3n) is 8.66. The Morgan fingerprint density at radius 1 is 0.894 bits per heavy atom. The topological polar surface area (TPSA) is 144 Å². The lowest BCUT2D eigenvalue weighted by molar-refractivity contribution is -0.156. The minimum absolute atomic E-state index is 0.0210. The Bertz CT molecular complexity index is 1360. The summed E-state index contributed by atoms with van der Waals surface area (Å²) in [5.74, 6) is -1.64. The zero-order chi connectivity index (χ0) is 33.8. The van der Waals surface area contributed by atoms with Crippen LogP contribution in [0.15, 0.2) is 60.7 Å². The third kappa shape index (κ3) is 9.77. The van der Waals surface area contributed by atoms with E-state index in [-0.39, 0.29) is 50.6 Å². The third-order valence-corrected chi connectivity index (χ3v) is 8.66. The molecule has 0 radical (unpaired) electrons. The van der Waals surface area contributed by atoms with Gasteiger partial charge in [0.1, 0.15) is 25.2 Å². The first-order chi connectivity index (χ1) is 22.7. The molecule has 2 aliphatic rings. The highest BCUT2D eigenvalue weighted by atomic mass is 16.5. The summed E-state index contributed by atoms with van der Waals surface area (Å²) < 4.78 is 15.9. The van der Waals surface area contributed by atoms with Gasteiger partial charge in [0.15, 0.2) is 0 Å². The van der Waals surface area contributed by atoms with Crippen molar-refractivity contribution in [3.05, 3.63) is 71.8 Å². The molecule has 47 heavy (non-hydrogen) atoms. The largest absolute Gasteiger partial charge is 0.465 e. The van der Waals surface area contributed by atoms with E-state index in [0.717, 1.165) is 11.1 Å².